The fourth-order valence-electron chi connectivity index (χ4n) is 5.47. The number of likely N-dealkylation sites (N-methyl/N-ethyl adjacent to an activating group) is 1. The van der Waals surface area contributed by atoms with Crippen molar-refractivity contribution in [1.82, 2.24) is 20.1 Å². The number of rotatable bonds is 7. The molecule has 1 atom stereocenters. The normalized spacial score (nSPS) is 17.1. The summed E-state index contributed by atoms with van der Waals surface area (Å²) in [6.07, 6.45) is 2.65. The predicted molar refractivity (Wildman–Crippen MR) is 164 cm³/mol. The van der Waals surface area contributed by atoms with Gasteiger partial charge in [0.2, 0.25) is 0 Å². The molecule has 2 aliphatic heterocycles. The molecule has 3 heterocycles. The van der Waals surface area contributed by atoms with Crippen molar-refractivity contribution in [1.29, 1.82) is 0 Å². The third kappa shape index (κ3) is 5.51. The second kappa shape index (κ2) is 11.5. The molecule has 7 nitrogen and oxygen atoms in total. The number of aromatic amines is 1. The van der Waals surface area contributed by atoms with Gasteiger partial charge in [-0.05, 0) is 7.05 Å². The Morgan fingerprint density at radius 1 is 1.15 bits per heavy atom. The molecule has 1 aromatic heterocycles. The molecule has 2 amide bonds. The van der Waals surface area contributed by atoms with Gasteiger partial charge in [-0.3, -0.25) is 0 Å². The Labute approximate surface area is 241 Å². The molecule has 2 aliphatic rings. The molecule has 0 saturated carbocycles. The van der Waals surface area contributed by atoms with Crippen molar-refractivity contribution in [2.45, 2.75) is 33.2 Å². The number of nitrogens with one attached hydrogen (secondary N) is 3. The molecule has 5 rings (SSSR count). The number of anilines is 1. The quantitative estimate of drug-likeness (QED) is 0.296. The number of carbonyl (C=O) groups excluding carboxylic acids is 2. The summed E-state index contributed by atoms with van der Waals surface area (Å²) in [6.45, 7) is 9.05. The zero-order valence-electron chi connectivity index (χ0n) is 23.4. The number of carbonyl (C=O) groups is 2. The molecule has 205 valence electrons. The third-order valence-electron chi connectivity index (χ3n) is 7.87. The summed E-state index contributed by atoms with van der Waals surface area (Å²) in [7, 11) is 8.60. The number of amides is 2. The summed E-state index contributed by atoms with van der Waals surface area (Å²) in [5.74, 6) is -0.163. The van der Waals surface area contributed by atoms with Crippen LogP contribution in [0.3, 0.4) is 0 Å². The standard InChI is InChI=1S/C31H34BClN5O2/c1-5-25(20-7-6-8-22(33)15-20)35-29(32)21-9-10-26-23(16-21)24(30(39)36-26)17-27-18(2)28(19(3)34-27)31(40)38-13-11-37(4)12-14-38/h6-10,15-17,25,34-35H,5,11-14H2,1-4H3,(H,36,39)/b24-17-. The Balaban J connectivity index is 1.41. The molecule has 1 unspecified atom stereocenters. The van der Waals surface area contributed by atoms with Crippen LogP contribution in [0.25, 0.3) is 11.6 Å². The van der Waals surface area contributed by atoms with E-state index in [0.717, 1.165) is 58.8 Å². The Morgan fingerprint density at radius 3 is 2.60 bits per heavy atom. The fraction of sp³-hybridized carbons (Fsp3) is 0.323. The molecule has 0 aliphatic carbocycles. The van der Waals surface area contributed by atoms with Gasteiger partial charge >= 0.3 is 217 Å². The molecule has 9 heteroatoms. The predicted octanol–water partition coefficient (Wildman–Crippen LogP) is 4.55. The molecular weight excluding hydrogens is 521 g/mol. The van der Waals surface area contributed by atoms with Gasteiger partial charge in [0.25, 0.3) is 0 Å². The Kier molecular flexibility index (Phi) is 8.01. The van der Waals surface area contributed by atoms with Crippen molar-refractivity contribution in [2.24, 2.45) is 0 Å². The van der Waals surface area contributed by atoms with Crippen LogP contribution < -0.4 is 10.6 Å². The molecule has 1 radical (unpaired) electrons. The molecule has 0 bridgehead atoms. The number of aryl methyl sites for hydroxylation is 1. The summed E-state index contributed by atoms with van der Waals surface area (Å²) < 4.78 is 0. The van der Waals surface area contributed by atoms with Crippen molar-refractivity contribution in [2.75, 3.05) is 38.5 Å². The SMILES string of the molecule is [B]=C(NC(CC)c1cccc(Cl)c1)c1ccc2c(c1)/C(=C/c1[nH]c(C)c(C(=O)N3CCN(C)CC3)c1C)C(=O)N2. The van der Waals surface area contributed by atoms with E-state index in [1.165, 1.54) is 0 Å². The first-order valence-corrected chi connectivity index (χ1v) is 14.0. The number of hydrogen-bond acceptors (Lipinski definition) is 4. The number of halogens is 1. The van der Waals surface area contributed by atoms with Gasteiger partial charge in [-0.25, -0.2) is 0 Å². The number of piperazine rings is 1. The summed E-state index contributed by atoms with van der Waals surface area (Å²) in [6, 6.07) is 13.4. The zero-order valence-corrected chi connectivity index (χ0v) is 24.2. The van der Waals surface area contributed by atoms with E-state index in [4.69, 9.17) is 19.1 Å². The van der Waals surface area contributed by atoms with Crippen molar-refractivity contribution >= 4 is 53.8 Å². The summed E-state index contributed by atoms with van der Waals surface area (Å²) in [5.41, 5.74) is 7.43. The maximum absolute atomic E-state index is 13.4. The van der Waals surface area contributed by atoms with Crippen molar-refractivity contribution in [3.63, 3.8) is 0 Å². The van der Waals surface area contributed by atoms with Crippen molar-refractivity contribution in [3.05, 3.63) is 86.7 Å². The van der Waals surface area contributed by atoms with Gasteiger partial charge in [0.1, 0.15) is 0 Å². The number of benzene rings is 2. The van der Waals surface area contributed by atoms with Crippen LogP contribution in [0.1, 0.15) is 63.4 Å². The van der Waals surface area contributed by atoms with E-state index in [-0.39, 0.29) is 17.9 Å². The molecule has 1 saturated heterocycles. The molecule has 2 aromatic carbocycles. The number of hydrogen-bond donors (Lipinski definition) is 3. The van der Waals surface area contributed by atoms with E-state index >= 15 is 0 Å². The Bertz CT molecular complexity index is 1520. The van der Waals surface area contributed by atoms with E-state index in [1.807, 2.05) is 67.3 Å². The third-order valence-corrected chi connectivity index (χ3v) is 8.11. The average molecular weight is 555 g/mol. The minimum absolute atomic E-state index is 0.0115. The number of fused-ring (bicyclic) bond motifs is 1. The number of aromatic nitrogens is 1. The minimum atomic E-state index is -0.192. The van der Waals surface area contributed by atoms with Crippen LogP contribution in [0.4, 0.5) is 5.69 Å². The summed E-state index contributed by atoms with van der Waals surface area (Å²) in [4.78, 5) is 33.9. The van der Waals surface area contributed by atoms with Gasteiger partial charge in [-0.1, -0.05) is 0 Å². The van der Waals surface area contributed by atoms with E-state index in [1.54, 1.807) is 0 Å². The van der Waals surface area contributed by atoms with Crippen LogP contribution in [0.2, 0.25) is 5.02 Å². The van der Waals surface area contributed by atoms with E-state index in [2.05, 4.69) is 34.5 Å². The molecule has 3 aromatic rings. The molecule has 1 fully saturated rings. The zero-order chi connectivity index (χ0) is 28.6. The van der Waals surface area contributed by atoms with Crippen LogP contribution in [-0.2, 0) is 4.79 Å². The second-order valence-electron chi connectivity index (χ2n) is 10.6. The van der Waals surface area contributed by atoms with E-state index < -0.39 is 0 Å². The second-order valence-corrected chi connectivity index (χ2v) is 11.0. The van der Waals surface area contributed by atoms with Crippen LogP contribution in [0.15, 0.2) is 42.5 Å². The first-order valence-electron chi connectivity index (χ1n) is 13.7. The topological polar surface area (TPSA) is 80.5 Å². The number of nitrogens with zero attached hydrogens (tertiary/aromatic N) is 2. The van der Waals surface area contributed by atoms with Gasteiger partial charge in [0, 0.05) is 13.1 Å². The summed E-state index contributed by atoms with van der Waals surface area (Å²) >= 11 is 6.21. The van der Waals surface area contributed by atoms with E-state index in [9.17, 15) is 9.59 Å². The Morgan fingerprint density at radius 2 is 1.90 bits per heavy atom. The van der Waals surface area contributed by atoms with Crippen LogP contribution in [-0.4, -0.2) is 72.9 Å². The van der Waals surface area contributed by atoms with Crippen molar-refractivity contribution in [3.8, 4) is 0 Å². The van der Waals surface area contributed by atoms with Gasteiger partial charge < -0.3 is 4.90 Å². The molecule has 0 spiro atoms. The van der Waals surface area contributed by atoms with Crippen LogP contribution >= 0.6 is 11.6 Å². The van der Waals surface area contributed by atoms with Gasteiger partial charge in [0.05, 0.1) is 0 Å². The molecule has 40 heavy (non-hydrogen) atoms. The average Bonchev–Trinajstić information content (AvgIpc) is 3.40. The monoisotopic (exact) mass is 554 g/mol. The molecular formula is C31H34BClN5O2. The number of H-pyrrole nitrogens is 1. The van der Waals surface area contributed by atoms with Gasteiger partial charge in [-0.2, -0.15) is 0 Å². The van der Waals surface area contributed by atoms with Gasteiger partial charge in [-0.15, -0.1) is 0 Å². The van der Waals surface area contributed by atoms with E-state index in [0.29, 0.717) is 34.8 Å². The maximum atomic E-state index is 13.4. The molecule has 3 N–H and O–H groups in total. The summed E-state index contributed by atoms with van der Waals surface area (Å²) in [5, 5.41) is 7.05. The van der Waals surface area contributed by atoms with Crippen LogP contribution in [0.5, 0.6) is 0 Å². The van der Waals surface area contributed by atoms with Gasteiger partial charge in [0.15, 0.2) is 0 Å². The first-order chi connectivity index (χ1) is 19.2. The Hall–Kier alpha value is -3.62. The van der Waals surface area contributed by atoms with Crippen LogP contribution in [0, 0.1) is 13.8 Å². The fourth-order valence-corrected chi connectivity index (χ4v) is 5.66. The first kappa shape index (κ1) is 27.9. The van der Waals surface area contributed by atoms with Crippen molar-refractivity contribution < 1.29 is 9.59 Å².